The summed E-state index contributed by atoms with van der Waals surface area (Å²) in [6.45, 7) is 0.379. The molecule has 0 aliphatic rings. The van der Waals surface area contributed by atoms with Gasteiger partial charge in [-0.15, -0.1) is 0 Å². The zero-order chi connectivity index (χ0) is 16.7. The fourth-order valence-corrected chi connectivity index (χ4v) is 2.18. The number of nitrogens with one attached hydrogen (secondary N) is 1. The van der Waals surface area contributed by atoms with Gasteiger partial charge in [-0.2, -0.15) is 0 Å². The van der Waals surface area contributed by atoms with Crippen LogP contribution in [0.5, 0.6) is 11.5 Å². The van der Waals surface area contributed by atoms with E-state index in [1.54, 1.807) is 32.4 Å². The normalized spacial score (nSPS) is 10.6. The molecule has 0 bridgehead atoms. The van der Waals surface area contributed by atoms with Gasteiger partial charge in [0.15, 0.2) is 0 Å². The number of hydrogen-bond acceptors (Lipinski definition) is 3. The van der Waals surface area contributed by atoms with E-state index in [2.05, 4.69) is 5.32 Å². The van der Waals surface area contributed by atoms with Crippen LogP contribution in [0.15, 0.2) is 48.5 Å². The molecule has 23 heavy (non-hydrogen) atoms. The third-order valence-corrected chi connectivity index (χ3v) is 3.58. The van der Waals surface area contributed by atoms with Crippen LogP contribution in [-0.4, -0.2) is 20.1 Å². The van der Waals surface area contributed by atoms with E-state index in [1.807, 2.05) is 30.3 Å². The highest BCUT2D eigenvalue weighted by Crippen LogP contribution is 2.23. The molecule has 0 spiro atoms. The van der Waals surface area contributed by atoms with Crippen molar-refractivity contribution in [1.29, 1.82) is 0 Å². The van der Waals surface area contributed by atoms with E-state index in [-0.39, 0.29) is 5.91 Å². The summed E-state index contributed by atoms with van der Waals surface area (Å²) in [5, 5.41) is 3.43. The number of amides is 1. The van der Waals surface area contributed by atoms with E-state index in [0.717, 1.165) is 11.1 Å². The van der Waals surface area contributed by atoms with E-state index < -0.39 is 0 Å². The number of carbonyl (C=O) groups excluding carboxylic acids is 1. The van der Waals surface area contributed by atoms with Gasteiger partial charge in [0.25, 0.3) is 0 Å². The van der Waals surface area contributed by atoms with Crippen LogP contribution in [0.3, 0.4) is 0 Å². The van der Waals surface area contributed by atoms with Gasteiger partial charge in [-0.3, -0.25) is 4.79 Å². The highest BCUT2D eigenvalue weighted by molar-refractivity contribution is 6.31. The predicted molar refractivity (Wildman–Crippen MR) is 91.9 cm³/mol. The summed E-state index contributed by atoms with van der Waals surface area (Å²) < 4.78 is 10.4. The Balaban J connectivity index is 1.99. The molecule has 0 aliphatic carbocycles. The summed E-state index contributed by atoms with van der Waals surface area (Å²) in [5.74, 6) is 1.13. The van der Waals surface area contributed by atoms with Crippen LogP contribution in [-0.2, 0) is 11.3 Å². The average Bonchev–Trinajstić information content (AvgIpc) is 2.58. The van der Waals surface area contributed by atoms with E-state index in [1.165, 1.54) is 6.08 Å². The third-order valence-electron chi connectivity index (χ3n) is 3.21. The molecule has 0 saturated carbocycles. The lowest BCUT2D eigenvalue weighted by Crippen LogP contribution is -2.20. The molecule has 0 aromatic heterocycles. The molecule has 0 atom stereocenters. The second-order valence-corrected chi connectivity index (χ2v) is 5.20. The first-order chi connectivity index (χ1) is 11.1. The minimum Gasteiger partial charge on any atom is -0.497 e. The van der Waals surface area contributed by atoms with Gasteiger partial charge in [-0.25, -0.2) is 0 Å². The number of benzene rings is 2. The molecule has 120 valence electrons. The van der Waals surface area contributed by atoms with Crippen LogP contribution in [0.25, 0.3) is 6.08 Å². The Morgan fingerprint density at radius 2 is 1.78 bits per heavy atom. The molecule has 2 rings (SSSR count). The van der Waals surface area contributed by atoms with Gasteiger partial charge in [-0.05, 0) is 35.4 Å². The standard InChI is InChI=1S/C18H18ClNO3/c1-22-15-9-13(10-16(11-15)23-2)7-8-18(21)20-12-14-5-3-4-6-17(14)19/h3-11H,12H2,1-2H3,(H,20,21)/b8-7+. The van der Waals surface area contributed by atoms with Crippen molar-refractivity contribution in [3.8, 4) is 11.5 Å². The molecule has 0 saturated heterocycles. The lowest BCUT2D eigenvalue weighted by molar-refractivity contribution is -0.116. The fraction of sp³-hybridized carbons (Fsp3) is 0.167. The number of carbonyl (C=O) groups is 1. The Morgan fingerprint density at radius 3 is 2.39 bits per heavy atom. The summed E-state index contributed by atoms with van der Waals surface area (Å²) in [4.78, 5) is 11.9. The number of hydrogen-bond donors (Lipinski definition) is 1. The van der Waals surface area contributed by atoms with Gasteiger partial charge in [0.1, 0.15) is 11.5 Å². The maximum atomic E-state index is 11.9. The zero-order valence-electron chi connectivity index (χ0n) is 13.0. The molecule has 0 fully saturated rings. The van der Waals surface area contributed by atoms with Crippen molar-refractivity contribution in [2.24, 2.45) is 0 Å². The molecule has 1 N–H and O–H groups in total. The van der Waals surface area contributed by atoms with E-state index >= 15 is 0 Å². The predicted octanol–water partition coefficient (Wildman–Crippen LogP) is 3.69. The molecular weight excluding hydrogens is 314 g/mol. The Bertz CT molecular complexity index is 691. The van der Waals surface area contributed by atoms with Gasteiger partial charge in [0.2, 0.25) is 5.91 Å². The second kappa shape index (κ2) is 8.25. The van der Waals surface area contributed by atoms with Crippen LogP contribution in [0.1, 0.15) is 11.1 Å². The topological polar surface area (TPSA) is 47.6 Å². The number of ether oxygens (including phenoxy) is 2. The van der Waals surface area contributed by atoms with Crippen LogP contribution < -0.4 is 14.8 Å². The van der Waals surface area contributed by atoms with E-state index in [4.69, 9.17) is 21.1 Å². The van der Waals surface area contributed by atoms with Crippen LogP contribution in [0, 0.1) is 0 Å². The minimum atomic E-state index is -0.202. The maximum absolute atomic E-state index is 11.9. The zero-order valence-corrected chi connectivity index (χ0v) is 13.8. The van der Waals surface area contributed by atoms with Crippen LogP contribution >= 0.6 is 11.6 Å². The summed E-state index contributed by atoms with van der Waals surface area (Å²) in [7, 11) is 3.16. The lowest BCUT2D eigenvalue weighted by atomic mass is 10.2. The maximum Gasteiger partial charge on any atom is 0.244 e. The largest absolute Gasteiger partial charge is 0.497 e. The Morgan fingerprint density at radius 1 is 1.13 bits per heavy atom. The summed E-state index contributed by atoms with van der Waals surface area (Å²) in [6.07, 6.45) is 3.16. The highest BCUT2D eigenvalue weighted by Gasteiger charge is 2.02. The third kappa shape index (κ3) is 5.04. The Kier molecular flexibility index (Phi) is 6.06. The second-order valence-electron chi connectivity index (χ2n) is 4.79. The number of methoxy groups -OCH3 is 2. The van der Waals surface area contributed by atoms with Crippen molar-refractivity contribution >= 4 is 23.6 Å². The Labute approximate surface area is 140 Å². The first-order valence-electron chi connectivity index (χ1n) is 7.05. The first-order valence-corrected chi connectivity index (χ1v) is 7.42. The number of halogens is 1. The summed E-state index contributed by atoms with van der Waals surface area (Å²) in [6, 6.07) is 12.8. The minimum absolute atomic E-state index is 0.202. The van der Waals surface area contributed by atoms with Gasteiger partial charge in [0.05, 0.1) is 14.2 Å². The Hall–Kier alpha value is -2.46. The molecule has 0 aliphatic heterocycles. The van der Waals surface area contributed by atoms with Crippen molar-refractivity contribution in [2.45, 2.75) is 6.54 Å². The fourth-order valence-electron chi connectivity index (χ4n) is 1.98. The molecule has 5 heteroatoms. The highest BCUT2D eigenvalue weighted by atomic mass is 35.5. The average molecular weight is 332 g/mol. The van der Waals surface area contributed by atoms with E-state index in [9.17, 15) is 4.79 Å². The monoisotopic (exact) mass is 331 g/mol. The molecule has 0 radical (unpaired) electrons. The van der Waals surface area contributed by atoms with Gasteiger partial charge < -0.3 is 14.8 Å². The molecule has 0 heterocycles. The first kappa shape index (κ1) is 16.9. The van der Waals surface area contributed by atoms with Gasteiger partial charge >= 0.3 is 0 Å². The number of rotatable bonds is 6. The van der Waals surface area contributed by atoms with Gasteiger partial charge in [0, 0.05) is 23.7 Å². The van der Waals surface area contributed by atoms with Crippen molar-refractivity contribution in [3.63, 3.8) is 0 Å². The lowest BCUT2D eigenvalue weighted by Gasteiger charge is -2.06. The molecule has 4 nitrogen and oxygen atoms in total. The smallest absolute Gasteiger partial charge is 0.244 e. The van der Waals surface area contributed by atoms with Crippen molar-refractivity contribution in [1.82, 2.24) is 5.32 Å². The van der Waals surface area contributed by atoms with Crippen molar-refractivity contribution in [2.75, 3.05) is 14.2 Å². The van der Waals surface area contributed by atoms with Crippen molar-refractivity contribution in [3.05, 3.63) is 64.7 Å². The SMILES string of the molecule is COc1cc(/C=C/C(=O)NCc2ccccc2Cl)cc(OC)c1. The summed E-state index contributed by atoms with van der Waals surface area (Å²) in [5.41, 5.74) is 1.69. The summed E-state index contributed by atoms with van der Waals surface area (Å²) >= 11 is 6.05. The van der Waals surface area contributed by atoms with Crippen LogP contribution in [0.2, 0.25) is 5.02 Å². The van der Waals surface area contributed by atoms with Crippen LogP contribution in [0.4, 0.5) is 0 Å². The quantitative estimate of drug-likeness (QED) is 0.821. The van der Waals surface area contributed by atoms with Gasteiger partial charge in [-0.1, -0.05) is 29.8 Å². The van der Waals surface area contributed by atoms with E-state index in [0.29, 0.717) is 23.1 Å². The molecule has 2 aromatic carbocycles. The molecule has 0 unspecified atom stereocenters. The molecule has 2 aromatic rings. The molecular formula is C18H18ClNO3. The van der Waals surface area contributed by atoms with Crippen molar-refractivity contribution < 1.29 is 14.3 Å². The molecule has 1 amide bonds.